The predicted octanol–water partition coefficient (Wildman–Crippen LogP) is 3.88. The van der Waals surface area contributed by atoms with E-state index in [2.05, 4.69) is 26.8 Å². The molecule has 0 fully saturated rings. The molecular formula is C17H26O3. The standard InChI is InChI=1S/C17H26O3/c1-7-19-16(18)11-13-8-9-15(20-12(2)3)14(10-13)17(4,5)6/h8-10,12H,7,11H2,1-6H3. The van der Waals surface area contributed by atoms with Crippen molar-refractivity contribution in [2.24, 2.45) is 0 Å². The molecule has 1 rings (SSSR count). The summed E-state index contributed by atoms with van der Waals surface area (Å²) >= 11 is 0. The Labute approximate surface area is 122 Å². The van der Waals surface area contributed by atoms with Crippen molar-refractivity contribution in [3.63, 3.8) is 0 Å². The van der Waals surface area contributed by atoms with Gasteiger partial charge in [0.15, 0.2) is 0 Å². The Morgan fingerprint density at radius 2 is 1.90 bits per heavy atom. The van der Waals surface area contributed by atoms with E-state index in [-0.39, 0.29) is 17.5 Å². The molecule has 0 spiro atoms. The third kappa shape index (κ3) is 4.87. The lowest BCUT2D eigenvalue weighted by atomic mass is 9.85. The first-order chi connectivity index (χ1) is 9.24. The first-order valence-electron chi connectivity index (χ1n) is 7.19. The molecule has 0 atom stereocenters. The van der Waals surface area contributed by atoms with Crippen LogP contribution in [0.1, 0.15) is 52.7 Å². The molecular weight excluding hydrogens is 252 g/mol. The maximum Gasteiger partial charge on any atom is 0.310 e. The Hall–Kier alpha value is -1.51. The van der Waals surface area contributed by atoms with Crippen LogP contribution >= 0.6 is 0 Å². The van der Waals surface area contributed by atoms with Crippen molar-refractivity contribution in [1.29, 1.82) is 0 Å². The van der Waals surface area contributed by atoms with Gasteiger partial charge in [0.25, 0.3) is 0 Å². The van der Waals surface area contributed by atoms with Crippen LogP contribution in [-0.4, -0.2) is 18.7 Å². The van der Waals surface area contributed by atoms with Gasteiger partial charge in [0.2, 0.25) is 0 Å². The largest absolute Gasteiger partial charge is 0.491 e. The normalized spacial score (nSPS) is 11.6. The number of hydrogen-bond donors (Lipinski definition) is 0. The monoisotopic (exact) mass is 278 g/mol. The first kappa shape index (κ1) is 16.5. The van der Waals surface area contributed by atoms with Crippen molar-refractivity contribution < 1.29 is 14.3 Å². The van der Waals surface area contributed by atoms with Gasteiger partial charge in [0.1, 0.15) is 5.75 Å². The number of carbonyl (C=O) groups is 1. The summed E-state index contributed by atoms with van der Waals surface area (Å²) in [5, 5.41) is 0. The zero-order valence-electron chi connectivity index (χ0n) is 13.4. The Morgan fingerprint density at radius 1 is 1.25 bits per heavy atom. The molecule has 3 heteroatoms. The van der Waals surface area contributed by atoms with Gasteiger partial charge in [-0.3, -0.25) is 4.79 Å². The summed E-state index contributed by atoms with van der Waals surface area (Å²) in [4.78, 5) is 11.6. The number of hydrogen-bond acceptors (Lipinski definition) is 3. The van der Waals surface area contributed by atoms with Crippen LogP contribution < -0.4 is 4.74 Å². The molecule has 20 heavy (non-hydrogen) atoms. The predicted molar refractivity (Wildman–Crippen MR) is 81.2 cm³/mol. The van der Waals surface area contributed by atoms with E-state index in [9.17, 15) is 4.79 Å². The fourth-order valence-electron chi connectivity index (χ4n) is 2.01. The molecule has 1 aromatic carbocycles. The molecule has 0 bridgehead atoms. The highest BCUT2D eigenvalue weighted by Crippen LogP contribution is 2.33. The molecule has 0 amide bonds. The van der Waals surface area contributed by atoms with Crippen LogP contribution in [0.2, 0.25) is 0 Å². The average molecular weight is 278 g/mol. The van der Waals surface area contributed by atoms with Crippen molar-refractivity contribution in [2.75, 3.05) is 6.61 Å². The number of rotatable bonds is 5. The van der Waals surface area contributed by atoms with Crippen molar-refractivity contribution >= 4 is 5.97 Å². The van der Waals surface area contributed by atoms with E-state index in [1.165, 1.54) is 0 Å². The second-order valence-electron chi connectivity index (χ2n) is 6.23. The van der Waals surface area contributed by atoms with E-state index < -0.39 is 0 Å². The van der Waals surface area contributed by atoms with Crippen LogP contribution in [0, 0.1) is 0 Å². The van der Waals surface area contributed by atoms with Crippen molar-refractivity contribution in [1.82, 2.24) is 0 Å². The van der Waals surface area contributed by atoms with E-state index in [4.69, 9.17) is 9.47 Å². The van der Waals surface area contributed by atoms with E-state index in [1.54, 1.807) is 0 Å². The molecule has 0 saturated heterocycles. The number of ether oxygens (including phenoxy) is 2. The molecule has 0 aliphatic rings. The van der Waals surface area contributed by atoms with Crippen LogP contribution in [0.15, 0.2) is 18.2 Å². The van der Waals surface area contributed by atoms with E-state index in [0.717, 1.165) is 16.9 Å². The van der Waals surface area contributed by atoms with E-state index >= 15 is 0 Å². The van der Waals surface area contributed by atoms with Gasteiger partial charge < -0.3 is 9.47 Å². The third-order valence-corrected chi connectivity index (χ3v) is 2.87. The Kier molecular flexibility index (Phi) is 5.61. The first-order valence-corrected chi connectivity index (χ1v) is 7.19. The second-order valence-corrected chi connectivity index (χ2v) is 6.23. The Balaban J connectivity index is 3.05. The lowest BCUT2D eigenvalue weighted by Gasteiger charge is -2.24. The highest BCUT2D eigenvalue weighted by atomic mass is 16.5. The van der Waals surface area contributed by atoms with Crippen molar-refractivity contribution in [2.45, 2.75) is 59.5 Å². The van der Waals surface area contributed by atoms with Gasteiger partial charge in [-0.1, -0.05) is 32.9 Å². The van der Waals surface area contributed by atoms with Gasteiger partial charge >= 0.3 is 5.97 Å². The van der Waals surface area contributed by atoms with Crippen LogP contribution in [0.4, 0.5) is 0 Å². The van der Waals surface area contributed by atoms with Crippen LogP contribution in [0.5, 0.6) is 5.75 Å². The topological polar surface area (TPSA) is 35.5 Å². The highest BCUT2D eigenvalue weighted by molar-refractivity contribution is 5.72. The quantitative estimate of drug-likeness (QED) is 0.767. The van der Waals surface area contributed by atoms with Gasteiger partial charge in [-0.25, -0.2) is 0 Å². The summed E-state index contributed by atoms with van der Waals surface area (Å²) in [6.45, 7) is 12.7. The lowest BCUT2D eigenvalue weighted by Crippen LogP contribution is -2.17. The molecule has 0 aliphatic carbocycles. The molecule has 0 saturated carbocycles. The fraction of sp³-hybridized carbons (Fsp3) is 0.588. The average Bonchev–Trinajstić information content (AvgIpc) is 2.29. The Bertz CT molecular complexity index is 456. The highest BCUT2D eigenvalue weighted by Gasteiger charge is 2.20. The van der Waals surface area contributed by atoms with Gasteiger partial charge in [-0.05, 0) is 43.4 Å². The maximum atomic E-state index is 11.6. The molecule has 0 aromatic heterocycles. The summed E-state index contributed by atoms with van der Waals surface area (Å²) in [6, 6.07) is 5.94. The smallest absolute Gasteiger partial charge is 0.310 e. The molecule has 0 N–H and O–H groups in total. The minimum atomic E-state index is -0.190. The van der Waals surface area contributed by atoms with Crippen LogP contribution in [0.3, 0.4) is 0 Å². The van der Waals surface area contributed by atoms with Gasteiger partial charge in [0.05, 0.1) is 19.1 Å². The molecule has 0 heterocycles. The molecule has 1 aromatic rings. The minimum absolute atomic E-state index is 0.0328. The van der Waals surface area contributed by atoms with Crippen LogP contribution in [0.25, 0.3) is 0 Å². The SMILES string of the molecule is CCOC(=O)Cc1ccc(OC(C)C)c(C(C)(C)C)c1. The van der Waals surface area contributed by atoms with Crippen molar-refractivity contribution in [3.8, 4) is 5.75 Å². The molecule has 0 unspecified atom stereocenters. The van der Waals surface area contributed by atoms with E-state index in [1.807, 2.05) is 32.9 Å². The van der Waals surface area contributed by atoms with Gasteiger partial charge in [0, 0.05) is 0 Å². The fourth-order valence-corrected chi connectivity index (χ4v) is 2.01. The minimum Gasteiger partial charge on any atom is -0.491 e. The Morgan fingerprint density at radius 3 is 2.40 bits per heavy atom. The summed E-state index contributed by atoms with van der Waals surface area (Å²) < 4.78 is 10.9. The molecule has 3 nitrogen and oxygen atoms in total. The number of benzene rings is 1. The molecule has 0 radical (unpaired) electrons. The van der Waals surface area contributed by atoms with E-state index in [0.29, 0.717) is 13.0 Å². The second kappa shape index (κ2) is 6.78. The summed E-state index contributed by atoms with van der Waals surface area (Å²) in [5.41, 5.74) is 2.05. The lowest BCUT2D eigenvalue weighted by molar-refractivity contribution is -0.142. The molecule has 112 valence electrons. The number of carbonyl (C=O) groups excluding carboxylic acids is 1. The zero-order chi connectivity index (χ0) is 15.3. The molecule has 0 aliphatic heterocycles. The summed E-state index contributed by atoms with van der Waals surface area (Å²) in [5.74, 6) is 0.699. The van der Waals surface area contributed by atoms with Gasteiger partial charge in [-0.2, -0.15) is 0 Å². The number of esters is 1. The third-order valence-electron chi connectivity index (χ3n) is 2.87. The van der Waals surface area contributed by atoms with Crippen LogP contribution in [-0.2, 0) is 21.4 Å². The van der Waals surface area contributed by atoms with Gasteiger partial charge in [-0.15, -0.1) is 0 Å². The van der Waals surface area contributed by atoms with Crippen molar-refractivity contribution in [3.05, 3.63) is 29.3 Å². The summed E-state index contributed by atoms with van der Waals surface area (Å²) in [6.07, 6.45) is 0.436. The maximum absolute atomic E-state index is 11.6. The summed E-state index contributed by atoms with van der Waals surface area (Å²) in [7, 11) is 0. The zero-order valence-corrected chi connectivity index (χ0v) is 13.4.